The number of hydrogen-bond acceptors (Lipinski definition) is 4. The summed E-state index contributed by atoms with van der Waals surface area (Å²) in [6.07, 6.45) is 1.83. The van der Waals surface area contributed by atoms with Crippen molar-refractivity contribution in [1.82, 2.24) is 14.7 Å². The van der Waals surface area contributed by atoms with Crippen LogP contribution < -0.4 is 4.74 Å². The minimum absolute atomic E-state index is 0.182. The highest BCUT2D eigenvalue weighted by Gasteiger charge is 2.31. The van der Waals surface area contributed by atoms with E-state index in [4.69, 9.17) is 4.74 Å². The van der Waals surface area contributed by atoms with Crippen LogP contribution in [0.2, 0.25) is 0 Å². The fourth-order valence-electron chi connectivity index (χ4n) is 6.19. The summed E-state index contributed by atoms with van der Waals surface area (Å²) < 4.78 is 44.8. The molecule has 2 aliphatic heterocycles. The molecule has 2 atom stereocenters. The molecule has 0 aromatic heterocycles. The number of piperidine rings is 1. The first-order valence-electron chi connectivity index (χ1n) is 14.8. The van der Waals surface area contributed by atoms with E-state index in [-0.39, 0.29) is 17.5 Å². The van der Waals surface area contributed by atoms with Crippen molar-refractivity contribution in [2.75, 3.05) is 45.9 Å². The Morgan fingerprint density at radius 1 is 0.975 bits per heavy atom. The number of hydrogen-bond donors (Lipinski definition) is 0. The lowest BCUT2D eigenvalue weighted by Gasteiger charge is -2.39. The third-order valence-corrected chi connectivity index (χ3v) is 8.91. The van der Waals surface area contributed by atoms with Crippen molar-refractivity contribution in [1.29, 1.82) is 0 Å². The number of alkyl halides is 3. The second-order valence-corrected chi connectivity index (χ2v) is 11.3. The van der Waals surface area contributed by atoms with E-state index in [1.54, 1.807) is 4.90 Å². The molecule has 2 saturated heterocycles. The van der Waals surface area contributed by atoms with Crippen LogP contribution in [0.1, 0.15) is 84.6 Å². The van der Waals surface area contributed by atoms with Gasteiger partial charge in [-0.3, -0.25) is 9.69 Å². The lowest BCUT2D eigenvalue weighted by molar-refractivity contribution is -0.137. The van der Waals surface area contributed by atoms with Crippen LogP contribution in [-0.2, 0) is 6.18 Å². The Kier molecular flexibility index (Phi) is 10.2. The van der Waals surface area contributed by atoms with Gasteiger partial charge in [-0.2, -0.15) is 13.2 Å². The van der Waals surface area contributed by atoms with Gasteiger partial charge >= 0.3 is 6.18 Å². The van der Waals surface area contributed by atoms with Gasteiger partial charge in [0.15, 0.2) is 0 Å². The molecule has 0 N–H and O–H groups in total. The average Bonchev–Trinajstić information content (AvgIpc) is 2.96. The summed E-state index contributed by atoms with van der Waals surface area (Å²) in [5.41, 5.74) is 3.21. The van der Waals surface area contributed by atoms with Crippen LogP contribution in [0.15, 0.2) is 36.4 Å². The number of nitrogens with zero attached hydrogens (tertiary/aromatic N) is 3. The minimum Gasteiger partial charge on any atom is -0.493 e. The maximum absolute atomic E-state index is 12.9. The summed E-state index contributed by atoms with van der Waals surface area (Å²) in [5, 5.41) is 0. The second-order valence-electron chi connectivity index (χ2n) is 11.3. The summed E-state index contributed by atoms with van der Waals surface area (Å²) in [7, 11) is 0. The van der Waals surface area contributed by atoms with Crippen LogP contribution in [0.25, 0.3) is 0 Å². The zero-order chi connectivity index (χ0) is 28.9. The van der Waals surface area contributed by atoms with Crippen molar-refractivity contribution in [3.63, 3.8) is 0 Å². The molecule has 2 aliphatic rings. The van der Waals surface area contributed by atoms with Gasteiger partial charge in [0.1, 0.15) is 5.75 Å². The van der Waals surface area contributed by atoms with Crippen molar-refractivity contribution in [3.8, 4) is 5.75 Å². The number of halogens is 3. The molecular weight excluding hydrogens is 515 g/mol. The minimum atomic E-state index is -4.41. The van der Waals surface area contributed by atoms with Crippen LogP contribution in [-0.4, -0.2) is 72.5 Å². The molecule has 2 aromatic carbocycles. The number of carbonyl (C=O) groups is 1. The zero-order valence-electron chi connectivity index (χ0n) is 24.4. The van der Waals surface area contributed by atoms with Crippen LogP contribution in [0.5, 0.6) is 5.75 Å². The van der Waals surface area contributed by atoms with E-state index < -0.39 is 11.7 Å². The Morgan fingerprint density at radius 3 is 2.33 bits per heavy atom. The quantitative estimate of drug-likeness (QED) is 0.314. The summed E-state index contributed by atoms with van der Waals surface area (Å²) in [4.78, 5) is 19.6. The van der Waals surface area contributed by atoms with Crippen LogP contribution >= 0.6 is 0 Å². The van der Waals surface area contributed by atoms with E-state index in [0.717, 1.165) is 43.5 Å². The predicted octanol–water partition coefficient (Wildman–Crippen LogP) is 6.87. The Bertz CT molecular complexity index is 1130. The molecule has 0 aliphatic carbocycles. The highest BCUT2D eigenvalue weighted by molar-refractivity contribution is 5.94. The fraction of sp³-hybridized carbons (Fsp3) is 0.594. The molecule has 220 valence electrons. The number of amides is 1. The molecule has 40 heavy (non-hydrogen) atoms. The Balaban J connectivity index is 1.28. The van der Waals surface area contributed by atoms with Crippen LogP contribution in [0.3, 0.4) is 0 Å². The first kappa shape index (κ1) is 30.4. The van der Waals surface area contributed by atoms with E-state index in [0.29, 0.717) is 26.2 Å². The van der Waals surface area contributed by atoms with Crippen molar-refractivity contribution >= 4 is 5.91 Å². The van der Waals surface area contributed by atoms with Crippen LogP contribution in [0.4, 0.5) is 13.2 Å². The molecule has 2 heterocycles. The molecule has 8 heteroatoms. The summed E-state index contributed by atoms with van der Waals surface area (Å²) in [6.45, 7) is 14.3. The topological polar surface area (TPSA) is 36.0 Å². The van der Waals surface area contributed by atoms with Crippen molar-refractivity contribution < 1.29 is 22.7 Å². The molecule has 0 spiro atoms. The summed E-state index contributed by atoms with van der Waals surface area (Å²) in [6, 6.07) is 9.65. The van der Waals surface area contributed by atoms with Gasteiger partial charge in [-0.1, -0.05) is 19.4 Å². The number of piperazine rings is 1. The van der Waals surface area contributed by atoms with E-state index in [1.165, 1.54) is 61.1 Å². The van der Waals surface area contributed by atoms with Gasteiger partial charge in [-0.25, -0.2) is 0 Å². The van der Waals surface area contributed by atoms with Gasteiger partial charge in [0.05, 0.1) is 12.2 Å². The first-order valence-corrected chi connectivity index (χ1v) is 14.8. The SMILES string of the molecule is CCC1CCCCN1CCCOc1ccc(C(C)N2CCN(C(=O)c3ccc(C(F)(F)F)cc3)CC2)c(C)c1C. The van der Waals surface area contributed by atoms with Gasteiger partial charge < -0.3 is 14.5 Å². The van der Waals surface area contributed by atoms with E-state index in [2.05, 4.69) is 49.6 Å². The standard InChI is InChI=1S/C32H44F3N3O2/c1-5-28-9-6-7-16-37(28)17-8-22-40-30-15-14-29(23(2)24(30)3)25(4)36-18-20-38(21-19-36)31(39)26-10-12-27(13-11-26)32(33,34)35/h10-15,25,28H,5-9,16-22H2,1-4H3. The number of rotatable bonds is 9. The summed E-state index contributed by atoms with van der Waals surface area (Å²) in [5.74, 6) is 0.728. The molecular formula is C32H44F3N3O2. The van der Waals surface area contributed by atoms with Gasteiger partial charge in [0.25, 0.3) is 5.91 Å². The zero-order valence-corrected chi connectivity index (χ0v) is 24.4. The third-order valence-electron chi connectivity index (χ3n) is 8.91. The number of carbonyl (C=O) groups excluding carboxylic acids is 1. The van der Waals surface area contributed by atoms with Gasteiger partial charge in [-0.05, 0) is 100 Å². The number of likely N-dealkylation sites (tertiary alicyclic amines) is 1. The third kappa shape index (κ3) is 7.19. The molecule has 0 radical (unpaired) electrons. The maximum Gasteiger partial charge on any atom is 0.416 e. The lowest BCUT2D eigenvalue weighted by Crippen LogP contribution is -2.49. The second kappa shape index (κ2) is 13.4. The fourth-order valence-corrected chi connectivity index (χ4v) is 6.19. The Morgan fingerprint density at radius 2 is 1.68 bits per heavy atom. The Hall–Kier alpha value is -2.58. The van der Waals surface area contributed by atoms with Crippen molar-refractivity contribution in [3.05, 3.63) is 64.2 Å². The average molecular weight is 560 g/mol. The van der Waals surface area contributed by atoms with E-state index in [9.17, 15) is 18.0 Å². The highest BCUT2D eigenvalue weighted by Crippen LogP contribution is 2.32. The van der Waals surface area contributed by atoms with Crippen molar-refractivity contribution in [2.24, 2.45) is 0 Å². The maximum atomic E-state index is 12.9. The number of benzene rings is 2. The lowest BCUT2D eigenvalue weighted by atomic mass is 9.96. The number of ether oxygens (including phenoxy) is 1. The first-order chi connectivity index (χ1) is 19.1. The van der Waals surface area contributed by atoms with Crippen LogP contribution in [0, 0.1) is 13.8 Å². The largest absolute Gasteiger partial charge is 0.493 e. The molecule has 5 nitrogen and oxygen atoms in total. The Labute approximate surface area is 237 Å². The smallest absolute Gasteiger partial charge is 0.416 e. The highest BCUT2D eigenvalue weighted by atomic mass is 19.4. The van der Waals surface area contributed by atoms with E-state index in [1.807, 2.05) is 0 Å². The normalized spacial score (nSPS) is 20.0. The monoisotopic (exact) mass is 559 g/mol. The van der Waals surface area contributed by atoms with Gasteiger partial charge in [0.2, 0.25) is 0 Å². The molecule has 0 saturated carbocycles. The molecule has 4 rings (SSSR count). The van der Waals surface area contributed by atoms with Gasteiger partial charge in [-0.15, -0.1) is 0 Å². The molecule has 0 bridgehead atoms. The predicted molar refractivity (Wildman–Crippen MR) is 153 cm³/mol. The van der Waals surface area contributed by atoms with Crippen molar-refractivity contribution in [2.45, 2.75) is 78.1 Å². The molecule has 1 amide bonds. The molecule has 2 aromatic rings. The molecule has 2 unspecified atom stereocenters. The van der Waals surface area contributed by atoms with Gasteiger partial charge in [0, 0.05) is 50.4 Å². The summed E-state index contributed by atoms with van der Waals surface area (Å²) >= 11 is 0. The van der Waals surface area contributed by atoms with E-state index >= 15 is 0 Å². The molecule has 2 fully saturated rings.